The smallest absolute Gasteiger partial charge is 0.289 e. The maximum Gasteiger partial charge on any atom is 0.289 e. The highest BCUT2D eigenvalue weighted by atomic mass is 16.5. The van der Waals surface area contributed by atoms with Gasteiger partial charge in [-0.15, -0.1) is 0 Å². The van der Waals surface area contributed by atoms with Gasteiger partial charge >= 0.3 is 0 Å². The van der Waals surface area contributed by atoms with E-state index in [9.17, 15) is 4.79 Å². The van der Waals surface area contributed by atoms with Crippen LogP contribution in [-0.2, 0) is 6.42 Å². The Hall–Kier alpha value is -3.28. The maximum absolute atomic E-state index is 12.3. The van der Waals surface area contributed by atoms with Gasteiger partial charge in [-0.1, -0.05) is 41.1 Å². The van der Waals surface area contributed by atoms with E-state index in [2.05, 4.69) is 10.5 Å². The number of amides is 1. The van der Waals surface area contributed by atoms with Crippen LogP contribution in [0.25, 0.3) is 11.3 Å². The first kappa shape index (κ1) is 18.5. The van der Waals surface area contributed by atoms with Gasteiger partial charge in [-0.2, -0.15) is 0 Å². The van der Waals surface area contributed by atoms with E-state index < -0.39 is 0 Å². The Labute approximate surface area is 158 Å². The molecule has 0 bridgehead atoms. The summed E-state index contributed by atoms with van der Waals surface area (Å²) in [7, 11) is 3.19. The van der Waals surface area contributed by atoms with Crippen LogP contribution in [0.1, 0.15) is 21.7 Å². The van der Waals surface area contributed by atoms with E-state index in [-0.39, 0.29) is 11.7 Å². The fourth-order valence-corrected chi connectivity index (χ4v) is 2.69. The zero-order valence-corrected chi connectivity index (χ0v) is 15.6. The van der Waals surface area contributed by atoms with E-state index >= 15 is 0 Å². The van der Waals surface area contributed by atoms with Crippen molar-refractivity contribution in [2.24, 2.45) is 0 Å². The highest BCUT2D eigenvalue weighted by Crippen LogP contribution is 2.27. The molecule has 6 nitrogen and oxygen atoms in total. The molecule has 0 aliphatic carbocycles. The highest BCUT2D eigenvalue weighted by molar-refractivity contribution is 5.92. The number of rotatable bonds is 7. The summed E-state index contributed by atoms with van der Waals surface area (Å²) >= 11 is 0. The first-order valence-electron chi connectivity index (χ1n) is 8.63. The standard InChI is InChI=1S/C21H22N2O4/c1-14-4-7-16(8-5-14)17-13-20(27-23-17)21(24)22-11-10-15-6-9-18(25-2)19(12-15)26-3/h4-9,12-13H,10-11H2,1-3H3,(H,22,24). The zero-order valence-electron chi connectivity index (χ0n) is 15.6. The molecule has 6 heteroatoms. The molecule has 0 saturated heterocycles. The van der Waals surface area contributed by atoms with E-state index in [1.165, 1.54) is 0 Å². The quantitative estimate of drug-likeness (QED) is 0.691. The summed E-state index contributed by atoms with van der Waals surface area (Å²) in [6.45, 7) is 2.48. The number of aromatic nitrogens is 1. The van der Waals surface area contributed by atoms with Gasteiger partial charge in [-0.3, -0.25) is 4.79 Å². The van der Waals surface area contributed by atoms with Crippen molar-refractivity contribution in [3.63, 3.8) is 0 Å². The first-order chi connectivity index (χ1) is 13.1. The molecule has 3 aromatic rings. The average molecular weight is 366 g/mol. The highest BCUT2D eigenvalue weighted by Gasteiger charge is 2.14. The molecule has 2 aromatic carbocycles. The number of aryl methyl sites for hydroxylation is 1. The average Bonchev–Trinajstić information content (AvgIpc) is 3.18. The summed E-state index contributed by atoms with van der Waals surface area (Å²) in [5.41, 5.74) is 3.75. The largest absolute Gasteiger partial charge is 0.493 e. The summed E-state index contributed by atoms with van der Waals surface area (Å²) < 4.78 is 15.7. The molecular formula is C21H22N2O4. The fourth-order valence-electron chi connectivity index (χ4n) is 2.69. The van der Waals surface area contributed by atoms with Gasteiger partial charge in [-0.05, 0) is 31.0 Å². The molecule has 0 fully saturated rings. The molecule has 1 aromatic heterocycles. The van der Waals surface area contributed by atoms with Crippen molar-refractivity contribution in [1.29, 1.82) is 0 Å². The second kappa shape index (κ2) is 8.40. The van der Waals surface area contributed by atoms with Crippen LogP contribution in [-0.4, -0.2) is 31.8 Å². The summed E-state index contributed by atoms with van der Waals surface area (Å²) in [4.78, 5) is 12.3. The third-order valence-corrected chi connectivity index (χ3v) is 4.23. The second-order valence-electron chi connectivity index (χ2n) is 6.14. The minimum atomic E-state index is -0.290. The lowest BCUT2D eigenvalue weighted by Crippen LogP contribution is -2.25. The Morgan fingerprint density at radius 1 is 1.04 bits per heavy atom. The van der Waals surface area contributed by atoms with Crippen LogP contribution >= 0.6 is 0 Å². The molecule has 1 heterocycles. The molecule has 140 valence electrons. The number of benzene rings is 2. The van der Waals surface area contributed by atoms with Crippen molar-refractivity contribution in [2.45, 2.75) is 13.3 Å². The number of nitrogens with one attached hydrogen (secondary N) is 1. The fraction of sp³-hybridized carbons (Fsp3) is 0.238. The van der Waals surface area contributed by atoms with Crippen LogP contribution in [0.15, 0.2) is 53.1 Å². The van der Waals surface area contributed by atoms with Gasteiger partial charge in [0.15, 0.2) is 11.5 Å². The van der Waals surface area contributed by atoms with E-state index in [0.29, 0.717) is 30.2 Å². The summed E-state index contributed by atoms with van der Waals surface area (Å²) in [5.74, 6) is 1.24. The number of hydrogen-bond acceptors (Lipinski definition) is 5. The molecule has 27 heavy (non-hydrogen) atoms. The molecule has 0 atom stereocenters. The van der Waals surface area contributed by atoms with Gasteiger partial charge in [0, 0.05) is 18.2 Å². The van der Waals surface area contributed by atoms with Gasteiger partial charge < -0.3 is 19.3 Å². The van der Waals surface area contributed by atoms with Crippen LogP contribution in [0.5, 0.6) is 11.5 Å². The Morgan fingerprint density at radius 2 is 1.78 bits per heavy atom. The minimum absolute atomic E-state index is 0.192. The second-order valence-corrected chi connectivity index (χ2v) is 6.14. The lowest BCUT2D eigenvalue weighted by atomic mass is 10.1. The van der Waals surface area contributed by atoms with Crippen molar-refractivity contribution in [1.82, 2.24) is 10.5 Å². The van der Waals surface area contributed by atoms with Gasteiger partial charge in [0.05, 0.1) is 14.2 Å². The lowest BCUT2D eigenvalue weighted by molar-refractivity contribution is 0.0917. The number of carbonyl (C=O) groups excluding carboxylic acids is 1. The van der Waals surface area contributed by atoms with Gasteiger partial charge in [0.25, 0.3) is 5.91 Å². The molecule has 1 amide bonds. The molecule has 1 N–H and O–H groups in total. The number of hydrogen-bond donors (Lipinski definition) is 1. The number of methoxy groups -OCH3 is 2. The Bertz CT molecular complexity index is 916. The molecule has 0 aliphatic rings. The van der Waals surface area contributed by atoms with Crippen molar-refractivity contribution in [3.05, 3.63) is 65.4 Å². The normalized spacial score (nSPS) is 10.5. The summed E-state index contributed by atoms with van der Waals surface area (Å²) in [6.07, 6.45) is 0.658. The predicted molar refractivity (Wildman–Crippen MR) is 102 cm³/mol. The minimum Gasteiger partial charge on any atom is -0.493 e. The predicted octanol–water partition coefficient (Wildman–Crippen LogP) is 3.64. The van der Waals surface area contributed by atoms with Crippen molar-refractivity contribution in [2.75, 3.05) is 20.8 Å². The van der Waals surface area contributed by atoms with Crippen LogP contribution in [0.4, 0.5) is 0 Å². The summed E-state index contributed by atoms with van der Waals surface area (Å²) in [6, 6.07) is 15.2. The van der Waals surface area contributed by atoms with Gasteiger partial charge in [0.1, 0.15) is 5.69 Å². The molecule has 3 rings (SSSR count). The van der Waals surface area contributed by atoms with Crippen LogP contribution in [0, 0.1) is 6.92 Å². The molecule has 0 spiro atoms. The van der Waals surface area contributed by atoms with Crippen LogP contribution < -0.4 is 14.8 Å². The third kappa shape index (κ3) is 4.47. The van der Waals surface area contributed by atoms with E-state index in [0.717, 1.165) is 16.7 Å². The number of nitrogens with zero attached hydrogens (tertiary/aromatic N) is 1. The SMILES string of the molecule is COc1ccc(CCNC(=O)c2cc(-c3ccc(C)cc3)no2)cc1OC. The first-order valence-corrected chi connectivity index (χ1v) is 8.63. The van der Waals surface area contributed by atoms with Gasteiger partial charge in [-0.25, -0.2) is 0 Å². The van der Waals surface area contributed by atoms with E-state index in [4.69, 9.17) is 14.0 Å². The summed E-state index contributed by atoms with van der Waals surface area (Å²) in [5, 5.41) is 6.82. The maximum atomic E-state index is 12.3. The monoisotopic (exact) mass is 366 g/mol. The van der Waals surface area contributed by atoms with Crippen molar-refractivity contribution in [3.8, 4) is 22.8 Å². The Kier molecular flexibility index (Phi) is 5.76. The van der Waals surface area contributed by atoms with Crippen molar-refractivity contribution >= 4 is 5.91 Å². The van der Waals surface area contributed by atoms with E-state index in [1.807, 2.05) is 49.4 Å². The van der Waals surface area contributed by atoms with E-state index in [1.54, 1.807) is 20.3 Å². The van der Waals surface area contributed by atoms with Gasteiger partial charge in [0.2, 0.25) is 5.76 Å². The Balaban J connectivity index is 1.58. The van der Waals surface area contributed by atoms with Crippen molar-refractivity contribution < 1.29 is 18.8 Å². The molecular weight excluding hydrogens is 344 g/mol. The molecule has 0 saturated carbocycles. The topological polar surface area (TPSA) is 73.6 Å². The third-order valence-electron chi connectivity index (χ3n) is 4.23. The van der Waals surface area contributed by atoms with Crippen LogP contribution in [0.2, 0.25) is 0 Å². The molecule has 0 radical (unpaired) electrons. The Morgan fingerprint density at radius 3 is 2.48 bits per heavy atom. The number of ether oxygens (including phenoxy) is 2. The molecule has 0 aliphatic heterocycles. The van der Waals surface area contributed by atoms with Crippen LogP contribution in [0.3, 0.4) is 0 Å². The number of carbonyl (C=O) groups is 1. The zero-order chi connectivity index (χ0) is 19.2. The molecule has 0 unspecified atom stereocenters. The lowest BCUT2D eigenvalue weighted by Gasteiger charge is -2.09.